The number of rotatable bonds is 7. The number of thiazole rings is 2. The van der Waals surface area contributed by atoms with Crippen LogP contribution in [0.1, 0.15) is 32.2 Å². The second-order valence-electron chi connectivity index (χ2n) is 7.02. The standard InChI is InChI=1S/C23H19FN4O2S2/c1-14-19(11-15-7-9-17(24)10-8-15)32-23(25-14)27-20(29)12-18-13-31-22(26-18)28-21(30)16-5-3-2-4-6-16/h2-10,13H,11-12H2,1H3,(H,25,27,29)(H,26,28,30). The number of benzene rings is 2. The smallest absolute Gasteiger partial charge is 0.257 e. The van der Waals surface area contributed by atoms with Crippen LogP contribution in [-0.4, -0.2) is 21.8 Å². The fourth-order valence-corrected chi connectivity index (χ4v) is 4.68. The summed E-state index contributed by atoms with van der Waals surface area (Å²) in [4.78, 5) is 34.4. The molecule has 2 aromatic carbocycles. The number of aryl methyl sites for hydroxylation is 1. The first-order valence-electron chi connectivity index (χ1n) is 9.77. The van der Waals surface area contributed by atoms with Crippen molar-refractivity contribution in [3.8, 4) is 0 Å². The quantitative estimate of drug-likeness (QED) is 0.398. The number of hydrogen-bond acceptors (Lipinski definition) is 6. The molecule has 32 heavy (non-hydrogen) atoms. The highest BCUT2D eigenvalue weighted by Crippen LogP contribution is 2.26. The molecular formula is C23H19FN4O2S2. The normalized spacial score (nSPS) is 10.7. The SMILES string of the molecule is Cc1nc(NC(=O)Cc2csc(NC(=O)c3ccccc3)n2)sc1Cc1ccc(F)cc1. The molecule has 0 radical (unpaired) electrons. The highest BCUT2D eigenvalue weighted by molar-refractivity contribution is 7.16. The molecule has 0 bridgehead atoms. The molecule has 2 N–H and O–H groups in total. The molecule has 4 aromatic rings. The molecule has 0 unspecified atom stereocenters. The summed E-state index contributed by atoms with van der Waals surface area (Å²) in [5.74, 6) is -0.756. The van der Waals surface area contributed by atoms with Gasteiger partial charge in [0.2, 0.25) is 5.91 Å². The number of hydrogen-bond donors (Lipinski definition) is 2. The van der Waals surface area contributed by atoms with Crippen LogP contribution in [0.5, 0.6) is 0 Å². The molecule has 9 heteroatoms. The Kier molecular flexibility index (Phi) is 6.67. The van der Waals surface area contributed by atoms with Crippen LogP contribution in [0.2, 0.25) is 0 Å². The third kappa shape index (κ3) is 5.63. The van der Waals surface area contributed by atoms with Crippen LogP contribution in [-0.2, 0) is 17.6 Å². The van der Waals surface area contributed by atoms with Crippen LogP contribution in [0.3, 0.4) is 0 Å². The fourth-order valence-electron chi connectivity index (χ4n) is 2.97. The lowest BCUT2D eigenvalue weighted by atomic mass is 10.1. The van der Waals surface area contributed by atoms with Gasteiger partial charge in [0.25, 0.3) is 5.91 Å². The molecule has 2 amide bonds. The van der Waals surface area contributed by atoms with Gasteiger partial charge in [-0.05, 0) is 36.8 Å². The third-order valence-electron chi connectivity index (χ3n) is 4.57. The molecule has 0 aliphatic carbocycles. The van der Waals surface area contributed by atoms with Gasteiger partial charge in [-0.15, -0.1) is 22.7 Å². The van der Waals surface area contributed by atoms with Crippen LogP contribution in [0.25, 0.3) is 0 Å². The Hall–Kier alpha value is -3.43. The number of carbonyl (C=O) groups excluding carboxylic acids is 2. The van der Waals surface area contributed by atoms with Crippen molar-refractivity contribution in [1.82, 2.24) is 9.97 Å². The molecule has 162 valence electrons. The third-order valence-corrected chi connectivity index (χ3v) is 6.45. The Morgan fingerprint density at radius 3 is 2.47 bits per heavy atom. The molecule has 0 fully saturated rings. The summed E-state index contributed by atoms with van der Waals surface area (Å²) in [6.07, 6.45) is 0.694. The van der Waals surface area contributed by atoms with E-state index >= 15 is 0 Å². The number of anilines is 2. The first kappa shape index (κ1) is 21.8. The van der Waals surface area contributed by atoms with E-state index in [4.69, 9.17) is 0 Å². The van der Waals surface area contributed by atoms with Gasteiger partial charge in [-0.25, -0.2) is 14.4 Å². The second-order valence-corrected chi connectivity index (χ2v) is 8.96. The van der Waals surface area contributed by atoms with Crippen molar-refractivity contribution in [1.29, 1.82) is 0 Å². The molecule has 6 nitrogen and oxygen atoms in total. The van der Waals surface area contributed by atoms with Gasteiger partial charge in [-0.1, -0.05) is 30.3 Å². The lowest BCUT2D eigenvalue weighted by Gasteiger charge is -2.01. The topological polar surface area (TPSA) is 84.0 Å². The zero-order valence-corrected chi connectivity index (χ0v) is 18.7. The van der Waals surface area contributed by atoms with Crippen LogP contribution >= 0.6 is 22.7 Å². The summed E-state index contributed by atoms with van der Waals surface area (Å²) in [5, 5.41) is 8.24. The first-order valence-corrected chi connectivity index (χ1v) is 11.5. The van der Waals surface area contributed by atoms with Gasteiger partial charge in [0, 0.05) is 22.2 Å². The van der Waals surface area contributed by atoms with E-state index in [1.165, 1.54) is 34.8 Å². The van der Waals surface area contributed by atoms with E-state index in [2.05, 4.69) is 20.6 Å². The molecule has 4 rings (SSSR count). The summed E-state index contributed by atoms with van der Waals surface area (Å²) >= 11 is 2.66. The summed E-state index contributed by atoms with van der Waals surface area (Å²) < 4.78 is 13.1. The van der Waals surface area contributed by atoms with Crippen LogP contribution in [0.4, 0.5) is 14.7 Å². The second kappa shape index (κ2) is 9.80. The Labute approximate surface area is 192 Å². The Morgan fingerprint density at radius 2 is 1.72 bits per heavy atom. The Morgan fingerprint density at radius 1 is 0.969 bits per heavy atom. The maximum Gasteiger partial charge on any atom is 0.257 e. The first-order chi connectivity index (χ1) is 15.5. The van der Waals surface area contributed by atoms with E-state index in [-0.39, 0.29) is 24.1 Å². The predicted octanol–water partition coefficient (Wildman–Crippen LogP) is 5.07. The van der Waals surface area contributed by atoms with Crippen LogP contribution in [0, 0.1) is 12.7 Å². The molecule has 0 spiro atoms. The van der Waals surface area contributed by atoms with E-state index in [0.29, 0.717) is 27.9 Å². The Balaban J connectivity index is 1.33. The highest BCUT2D eigenvalue weighted by atomic mass is 32.1. The molecule has 0 aliphatic heterocycles. The average molecular weight is 467 g/mol. The van der Waals surface area contributed by atoms with Gasteiger partial charge in [-0.3, -0.25) is 14.9 Å². The monoisotopic (exact) mass is 466 g/mol. The largest absolute Gasteiger partial charge is 0.302 e. The van der Waals surface area contributed by atoms with Gasteiger partial charge in [-0.2, -0.15) is 0 Å². The molecule has 0 saturated carbocycles. The minimum atomic E-state index is -0.271. The van der Waals surface area contributed by atoms with Crippen molar-refractivity contribution in [2.45, 2.75) is 19.8 Å². The molecule has 0 atom stereocenters. The van der Waals surface area contributed by atoms with Crippen molar-refractivity contribution in [3.05, 3.63) is 93.2 Å². The number of aromatic nitrogens is 2. The number of halogens is 1. The number of nitrogens with one attached hydrogen (secondary N) is 2. The summed E-state index contributed by atoms with van der Waals surface area (Å²) in [6, 6.07) is 15.2. The number of amides is 2. The summed E-state index contributed by atoms with van der Waals surface area (Å²) in [5.41, 5.74) is 2.91. The number of nitrogens with zero attached hydrogens (tertiary/aromatic N) is 2. The number of carbonyl (C=O) groups is 2. The van der Waals surface area contributed by atoms with E-state index in [1.807, 2.05) is 13.0 Å². The van der Waals surface area contributed by atoms with Gasteiger partial charge in [0.15, 0.2) is 10.3 Å². The molecule has 0 saturated heterocycles. The van der Waals surface area contributed by atoms with Crippen molar-refractivity contribution in [2.24, 2.45) is 0 Å². The maximum absolute atomic E-state index is 13.1. The molecular weight excluding hydrogens is 447 g/mol. The average Bonchev–Trinajstić information content (AvgIpc) is 3.35. The van der Waals surface area contributed by atoms with Crippen molar-refractivity contribution < 1.29 is 14.0 Å². The van der Waals surface area contributed by atoms with Gasteiger partial charge >= 0.3 is 0 Å². The van der Waals surface area contributed by atoms with E-state index in [9.17, 15) is 14.0 Å². The lowest BCUT2D eigenvalue weighted by molar-refractivity contribution is -0.115. The van der Waals surface area contributed by atoms with Crippen molar-refractivity contribution >= 4 is 44.8 Å². The predicted molar refractivity (Wildman–Crippen MR) is 125 cm³/mol. The lowest BCUT2D eigenvalue weighted by Crippen LogP contribution is -2.15. The maximum atomic E-state index is 13.1. The van der Waals surface area contributed by atoms with Gasteiger partial charge in [0.1, 0.15) is 5.82 Å². The van der Waals surface area contributed by atoms with E-state index in [0.717, 1.165) is 16.1 Å². The zero-order valence-electron chi connectivity index (χ0n) is 17.1. The molecule has 2 aromatic heterocycles. The van der Waals surface area contributed by atoms with Crippen LogP contribution in [0.15, 0.2) is 60.0 Å². The van der Waals surface area contributed by atoms with E-state index < -0.39 is 0 Å². The van der Waals surface area contributed by atoms with Crippen molar-refractivity contribution in [3.63, 3.8) is 0 Å². The van der Waals surface area contributed by atoms with Gasteiger partial charge < -0.3 is 5.32 Å². The molecule has 2 heterocycles. The molecule has 0 aliphatic rings. The minimum Gasteiger partial charge on any atom is -0.302 e. The fraction of sp³-hybridized carbons (Fsp3) is 0.130. The summed E-state index contributed by atoms with van der Waals surface area (Å²) in [7, 11) is 0. The highest BCUT2D eigenvalue weighted by Gasteiger charge is 2.14. The zero-order chi connectivity index (χ0) is 22.5. The Bertz CT molecular complexity index is 1240. The summed E-state index contributed by atoms with van der Waals surface area (Å²) in [6.45, 7) is 1.88. The van der Waals surface area contributed by atoms with Crippen molar-refractivity contribution in [2.75, 3.05) is 10.6 Å². The minimum absolute atomic E-state index is 0.0730. The van der Waals surface area contributed by atoms with E-state index in [1.54, 1.807) is 41.8 Å². The van der Waals surface area contributed by atoms with Crippen LogP contribution < -0.4 is 10.6 Å². The van der Waals surface area contributed by atoms with Gasteiger partial charge in [0.05, 0.1) is 17.8 Å².